The maximum Gasteiger partial charge on any atom is 0.0950 e. The van der Waals surface area contributed by atoms with E-state index < -0.39 is 0 Å². The van der Waals surface area contributed by atoms with Crippen LogP contribution in [0.25, 0.3) is 0 Å². The van der Waals surface area contributed by atoms with E-state index in [-0.39, 0.29) is 5.54 Å². The van der Waals surface area contributed by atoms with Crippen LogP contribution in [0.5, 0.6) is 0 Å². The lowest BCUT2D eigenvalue weighted by Gasteiger charge is -2.38. The van der Waals surface area contributed by atoms with Gasteiger partial charge in [-0.2, -0.15) is 5.11 Å². The van der Waals surface area contributed by atoms with Crippen LogP contribution in [0.1, 0.15) is 105 Å². The third-order valence-corrected chi connectivity index (χ3v) is 7.95. The molecule has 2 saturated carbocycles. The maximum atomic E-state index is 4.71. The zero-order valence-corrected chi connectivity index (χ0v) is 18.1. The van der Waals surface area contributed by atoms with Crippen LogP contribution in [0.4, 0.5) is 0 Å². The Bertz CT molecular complexity index is 472. The van der Waals surface area contributed by atoms with Gasteiger partial charge in [0.2, 0.25) is 0 Å². The minimum atomic E-state index is 0.149. The van der Waals surface area contributed by atoms with Crippen LogP contribution in [0.2, 0.25) is 0 Å². The molecule has 0 amide bonds. The molecule has 0 aromatic rings. The summed E-state index contributed by atoms with van der Waals surface area (Å²) in [5.74, 6) is 3.97. The van der Waals surface area contributed by atoms with E-state index >= 15 is 0 Å². The third kappa shape index (κ3) is 4.28. The van der Waals surface area contributed by atoms with Crippen LogP contribution in [-0.4, -0.2) is 22.6 Å². The second-order valence-electron chi connectivity index (χ2n) is 10.1. The Labute approximate surface area is 162 Å². The molecule has 0 aromatic heterocycles. The average molecular weight is 362 g/mol. The van der Waals surface area contributed by atoms with Gasteiger partial charge in [-0.3, -0.25) is 5.01 Å². The Hall–Kier alpha value is -0.600. The summed E-state index contributed by atoms with van der Waals surface area (Å²) < 4.78 is 0. The highest BCUT2D eigenvalue weighted by Gasteiger charge is 2.54. The molecule has 1 aliphatic heterocycles. The number of fused-ring (bicyclic) bond motifs is 2. The number of rotatable bonds is 9. The lowest BCUT2D eigenvalue weighted by Crippen LogP contribution is -2.47. The Kier molecular flexibility index (Phi) is 6.67. The Morgan fingerprint density at radius 1 is 0.962 bits per heavy atom. The molecule has 3 heteroatoms. The topological polar surface area (TPSA) is 28.0 Å². The molecule has 3 unspecified atom stereocenters. The summed E-state index contributed by atoms with van der Waals surface area (Å²) in [6.45, 7) is 11.8. The molecule has 26 heavy (non-hydrogen) atoms. The summed E-state index contributed by atoms with van der Waals surface area (Å²) in [4.78, 5) is 0. The minimum Gasteiger partial charge on any atom is -0.268 e. The van der Waals surface area contributed by atoms with Crippen molar-refractivity contribution in [1.82, 2.24) is 5.01 Å². The fraction of sp³-hybridized carbons (Fsp3) is 1.00. The molecule has 3 aliphatic rings. The molecular formula is C23H43N3. The van der Waals surface area contributed by atoms with Crippen LogP contribution in [0.15, 0.2) is 10.3 Å². The Morgan fingerprint density at radius 3 is 2.35 bits per heavy atom. The van der Waals surface area contributed by atoms with Crippen molar-refractivity contribution in [3.05, 3.63) is 0 Å². The average Bonchev–Trinajstić information content (AvgIpc) is 3.14. The van der Waals surface area contributed by atoms with Gasteiger partial charge in [0.1, 0.15) is 0 Å². The molecule has 2 aliphatic carbocycles. The lowest BCUT2D eigenvalue weighted by atomic mass is 9.89. The molecule has 2 fully saturated rings. The first-order valence-corrected chi connectivity index (χ1v) is 11.7. The fourth-order valence-electron chi connectivity index (χ4n) is 5.85. The highest BCUT2D eigenvalue weighted by molar-refractivity contribution is 5.04. The predicted molar refractivity (Wildman–Crippen MR) is 110 cm³/mol. The van der Waals surface area contributed by atoms with Crippen LogP contribution < -0.4 is 0 Å². The summed E-state index contributed by atoms with van der Waals surface area (Å²) in [5.41, 5.74) is 0.149. The van der Waals surface area contributed by atoms with Crippen molar-refractivity contribution in [2.75, 3.05) is 0 Å². The van der Waals surface area contributed by atoms with Crippen LogP contribution in [-0.2, 0) is 0 Å². The largest absolute Gasteiger partial charge is 0.268 e. The van der Waals surface area contributed by atoms with Gasteiger partial charge < -0.3 is 0 Å². The second kappa shape index (κ2) is 8.61. The first-order chi connectivity index (χ1) is 12.5. The first kappa shape index (κ1) is 20.1. The molecule has 6 atom stereocenters. The predicted octanol–water partition coefficient (Wildman–Crippen LogP) is 7.03. The van der Waals surface area contributed by atoms with E-state index in [9.17, 15) is 0 Å². The van der Waals surface area contributed by atoms with Gasteiger partial charge in [-0.15, -0.1) is 0 Å². The fourth-order valence-corrected chi connectivity index (χ4v) is 5.85. The zero-order chi connectivity index (χ0) is 18.7. The molecule has 0 bridgehead atoms. The number of hydrogen-bond acceptors (Lipinski definition) is 3. The summed E-state index contributed by atoms with van der Waals surface area (Å²) in [7, 11) is 0. The Morgan fingerprint density at radius 2 is 1.65 bits per heavy atom. The van der Waals surface area contributed by atoms with Gasteiger partial charge >= 0.3 is 0 Å². The normalized spacial score (nSPS) is 34.8. The monoisotopic (exact) mass is 361 g/mol. The number of hydrogen-bond donors (Lipinski definition) is 0. The van der Waals surface area contributed by atoms with E-state index in [4.69, 9.17) is 5.11 Å². The summed E-state index contributed by atoms with van der Waals surface area (Å²) in [6.07, 6.45) is 15.1. The molecule has 3 rings (SSSR count). The smallest absolute Gasteiger partial charge is 0.0950 e. The van der Waals surface area contributed by atoms with Gasteiger partial charge in [-0.1, -0.05) is 64.5 Å². The summed E-state index contributed by atoms with van der Waals surface area (Å²) in [5, 5.41) is 11.7. The van der Waals surface area contributed by atoms with Gasteiger partial charge in [0.05, 0.1) is 17.6 Å². The van der Waals surface area contributed by atoms with E-state index in [1.54, 1.807) is 0 Å². The van der Waals surface area contributed by atoms with Crippen LogP contribution in [0.3, 0.4) is 0 Å². The summed E-state index contributed by atoms with van der Waals surface area (Å²) >= 11 is 0. The third-order valence-electron chi connectivity index (χ3n) is 7.95. The highest BCUT2D eigenvalue weighted by Crippen LogP contribution is 2.58. The van der Waals surface area contributed by atoms with E-state index in [0.29, 0.717) is 12.1 Å². The van der Waals surface area contributed by atoms with E-state index in [1.807, 2.05) is 0 Å². The van der Waals surface area contributed by atoms with Gasteiger partial charge in [0, 0.05) is 0 Å². The van der Waals surface area contributed by atoms with Crippen molar-refractivity contribution < 1.29 is 0 Å². The highest BCUT2D eigenvalue weighted by atomic mass is 15.6. The van der Waals surface area contributed by atoms with Gasteiger partial charge in [-0.05, 0) is 69.6 Å². The van der Waals surface area contributed by atoms with Crippen molar-refractivity contribution in [2.45, 2.75) is 123 Å². The van der Waals surface area contributed by atoms with E-state index in [0.717, 1.165) is 30.1 Å². The van der Waals surface area contributed by atoms with Crippen LogP contribution >= 0.6 is 0 Å². The molecule has 0 radical (unpaired) electrons. The number of unbranched alkanes of at least 4 members (excludes halogenated alkanes) is 4. The standard InChI is InChI=1S/C23H43N3/c1-6-8-9-10-11-12-17(3)22-18-13-15-20-21(16-14-19(18)22)26(25-24-20)23(4,5)7-2/h17-22H,6-16H2,1-5H3/t17?,18-,19+,20?,21?,22-/m0/s1. The lowest BCUT2D eigenvalue weighted by molar-refractivity contribution is 0.0695. The maximum absolute atomic E-state index is 4.71. The quantitative estimate of drug-likeness (QED) is 0.405. The van der Waals surface area contributed by atoms with Gasteiger partial charge in [0.15, 0.2) is 0 Å². The molecule has 1 heterocycles. The molecule has 0 saturated heterocycles. The van der Waals surface area contributed by atoms with Crippen molar-refractivity contribution in [3.8, 4) is 0 Å². The second-order valence-corrected chi connectivity index (χ2v) is 10.1. The van der Waals surface area contributed by atoms with Crippen molar-refractivity contribution >= 4 is 0 Å². The van der Waals surface area contributed by atoms with Crippen LogP contribution in [0, 0.1) is 23.7 Å². The molecule has 0 N–H and O–H groups in total. The van der Waals surface area contributed by atoms with Crippen molar-refractivity contribution in [3.63, 3.8) is 0 Å². The van der Waals surface area contributed by atoms with Crippen molar-refractivity contribution in [1.29, 1.82) is 0 Å². The molecule has 3 nitrogen and oxygen atoms in total. The Balaban J connectivity index is 1.49. The molecule has 0 aromatic carbocycles. The van der Waals surface area contributed by atoms with Gasteiger partial charge in [-0.25, -0.2) is 0 Å². The van der Waals surface area contributed by atoms with Crippen molar-refractivity contribution in [2.24, 2.45) is 34.0 Å². The molecule has 0 spiro atoms. The minimum absolute atomic E-state index is 0.149. The van der Waals surface area contributed by atoms with E-state index in [2.05, 4.69) is 44.9 Å². The summed E-state index contributed by atoms with van der Waals surface area (Å²) in [6, 6.07) is 1.03. The molecular weight excluding hydrogens is 318 g/mol. The molecule has 150 valence electrons. The first-order valence-electron chi connectivity index (χ1n) is 11.7. The number of nitrogens with zero attached hydrogens (tertiary/aromatic N) is 3. The zero-order valence-electron chi connectivity index (χ0n) is 18.1. The SMILES string of the molecule is CCCCCCCC(C)[C@@H]1[C@@H]2CCC3C(CC[C@@H]21)N=NN3C(C)(C)CC. The van der Waals surface area contributed by atoms with Gasteiger partial charge in [0.25, 0.3) is 0 Å². The van der Waals surface area contributed by atoms with E-state index in [1.165, 1.54) is 64.2 Å².